The number of benzene rings is 1. The summed E-state index contributed by atoms with van der Waals surface area (Å²) in [4.78, 5) is 22.5. The second kappa shape index (κ2) is 3.75. The quantitative estimate of drug-likeness (QED) is 0.634. The normalized spacial score (nSPS) is 22.1. The number of Topliss-reactive ketones (excluding diaryl/α,β-unsaturated/α-hetero) is 1. The maximum Gasteiger partial charge on any atom is 0.454 e. The summed E-state index contributed by atoms with van der Waals surface area (Å²) in [6, 6.07) is 1.47. The summed E-state index contributed by atoms with van der Waals surface area (Å²) < 4.78 is 64.7. The van der Waals surface area contributed by atoms with Crippen LogP contribution in [0.2, 0.25) is 0 Å². The maximum atomic E-state index is 14.1. The Bertz CT molecular complexity index is 591. The number of rotatable bonds is 1. The van der Waals surface area contributed by atoms with Crippen molar-refractivity contribution in [2.75, 3.05) is 5.32 Å². The molecule has 1 N–H and O–H groups in total. The summed E-state index contributed by atoms with van der Waals surface area (Å²) in [5.41, 5.74) is -5.62. The molecule has 0 saturated carbocycles. The van der Waals surface area contributed by atoms with Crippen molar-refractivity contribution in [2.45, 2.75) is 18.8 Å². The summed E-state index contributed by atoms with van der Waals surface area (Å²) in [7, 11) is 0. The maximum absolute atomic E-state index is 14.1. The molecule has 1 heterocycles. The van der Waals surface area contributed by atoms with Gasteiger partial charge in [0.2, 0.25) is 5.67 Å². The van der Waals surface area contributed by atoms with Crippen molar-refractivity contribution in [3.63, 3.8) is 0 Å². The van der Waals surface area contributed by atoms with Gasteiger partial charge in [0, 0.05) is 11.3 Å². The molecule has 1 atom stereocenters. The Morgan fingerprint density at radius 2 is 1.89 bits per heavy atom. The SMILES string of the molecule is CC1(F)C(=O)Nc2ccc(F)c(C(=O)C(F)(F)F)c21. The Balaban J connectivity index is 2.75. The lowest BCUT2D eigenvalue weighted by molar-refractivity contribution is -0.125. The van der Waals surface area contributed by atoms with Crippen LogP contribution in [0, 0.1) is 5.82 Å². The van der Waals surface area contributed by atoms with Gasteiger partial charge in [-0.3, -0.25) is 9.59 Å². The molecule has 1 aliphatic heterocycles. The molecule has 0 aromatic heterocycles. The van der Waals surface area contributed by atoms with Gasteiger partial charge in [0.05, 0.1) is 5.56 Å². The first kappa shape index (κ1) is 13.4. The van der Waals surface area contributed by atoms with Gasteiger partial charge in [-0.15, -0.1) is 0 Å². The highest BCUT2D eigenvalue weighted by Gasteiger charge is 2.51. The zero-order chi connectivity index (χ0) is 14.6. The number of carbonyl (C=O) groups excluding carboxylic acids is 2. The Kier molecular flexibility index (Phi) is 2.65. The Hall–Kier alpha value is -1.99. The highest BCUT2D eigenvalue weighted by molar-refractivity contribution is 6.11. The second-order valence-corrected chi connectivity index (χ2v) is 4.13. The van der Waals surface area contributed by atoms with Gasteiger partial charge in [0.1, 0.15) is 5.82 Å². The smallest absolute Gasteiger partial charge is 0.323 e. The number of carbonyl (C=O) groups is 2. The summed E-state index contributed by atoms with van der Waals surface area (Å²) in [5, 5.41) is 1.96. The Morgan fingerprint density at radius 3 is 2.42 bits per heavy atom. The average molecular weight is 279 g/mol. The first-order valence-corrected chi connectivity index (χ1v) is 5.01. The summed E-state index contributed by atoms with van der Waals surface area (Å²) in [5.74, 6) is -5.30. The lowest BCUT2D eigenvalue weighted by atomic mass is 9.91. The van der Waals surface area contributed by atoms with E-state index in [9.17, 15) is 31.5 Å². The van der Waals surface area contributed by atoms with Gasteiger partial charge in [-0.25, -0.2) is 8.78 Å². The van der Waals surface area contributed by atoms with E-state index in [1.165, 1.54) is 0 Å². The lowest BCUT2D eigenvalue weighted by Gasteiger charge is -2.16. The fourth-order valence-corrected chi connectivity index (χ4v) is 1.89. The number of nitrogens with one attached hydrogen (secondary N) is 1. The highest BCUT2D eigenvalue weighted by Crippen LogP contribution is 2.43. The Labute approximate surface area is 103 Å². The minimum absolute atomic E-state index is 0.344. The molecule has 1 aliphatic rings. The molecule has 0 bridgehead atoms. The molecule has 102 valence electrons. The number of ketones is 1. The zero-order valence-corrected chi connectivity index (χ0v) is 9.36. The van der Waals surface area contributed by atoms with Crippen LogP contribution in [0.3, 0.4) is 0 Å². The molecule has 1 aromatic carbocycles. The number of hydrogen-bond acceptors (Lipinski definition) is 2. The van der Waals surface area contributed by atoms with Crippen molar-refractivity contribution in [3.8, 4) is 0 Å². The monoisotopic (exact) mass is 279 g/mol. The highest BCUT2D eigenvalue weighted by atomic mass is 19.4. The van der Waals surface area contributed by atoms with Gasteiger partial charge in [-0.2, -0.15) is 13.2 Å². The van der Waals surface area contributed by atoms with Crippen LogP contribution >= 0.6 is 0 Å². The molecule has 0 aliphatic carbocycles. The van der Waals surface area contributed by atoms with E-state index in [4.69, 9.17) is 0 Å². The summed E-state index contributed by atoms with van der Waals surface area (Å²) >= 11 is 0. The van der Waals surface area contributed by atoms with Crippen molar-refractivity contribution in [3.05, 3.63) is 29.1 Å². The van der Waals surface area contributed by atoms with Gasteiger partial charge in [0.15, 0.2) is 0 Å². The molecule has 0 saturated heterocycles. The molecule has 19 heavy (non-hydrogen) atoms. The van der Waals surface area contributed by atoms with E-state index in [1.807, 2.05) is 5.32 Å². The van der Waals surface area contributed by atoms with Crippen molar-refractivity contribution in [1.82, 2.24) is 0 Å². The van der Waals surface area contributed by atoms with Crippen molar-refractivity contribution >= 4 is 17.4 Å². The van der Waals surface area contributed by atoms with Gasteiger partial charge in [-0.05, 0) is 19.1 Å². The van der Waals surface area contributed by atoms with Crippen LogP contribution in [0.15, 0.2) is 12.1 Å². The number of halogens is 5. The molecule has 3 nitrogen and oxygen atoms in total. The molecule has 8 heteroatoms. The van der Waals surface area contributed by atoms with Gasteiger partial charge < -0.3 is 5.32 Å². The molecule has 0 fully saturated rings. The average Bonchev–Trinajstić information content (AvgIpc) is 2.49. The first-order valence-electron chi connectivity index (χ1n) is 5.01. The van der Waals surface area contributed by atoms with Crippen molar-refractivity contribution < 1.29 is 31.5 Å². The van der Waals surface area contributed by atoms with Gasteiger partial charge in [-0.1, -0.05) is 0 Å². The predicted octanol–water partition coefficient (Wildman–Crippen LogP) is 2.71. The van der Waals surface area contributed by atoms with Crippen LogP contribution in [0.4, 0.5) is 27.6 Å². The zero-order valence-electron chi connectivity index (χ0n) is 9.36. The number of hydrogen-bond donors (Lipinski definition) is 1. The van der Waals surface area contributed by atoms with Crippen LogP contribution in [0.5, 0.6) is 0 Å². The molecular formula is C11H6F5NO2. The molecule has 1 amide bonds. The minimum Gasteiger partial charge on any atom is -0.323 e. The van der Waals surface area contributed by atoms with E-state index >= 15 is 0 Å². The van der Waals surface area contributed by atoms with Crippen LogP contribution in [0.25, 0.3) is 0 Å². The standard InChI is InChI=1S/C11H6F5NO2/c1-10(13)7-5(17-9(10)19)3-2-4(12)6(7)8(18)11(14,15)16/h2-3H,1H3,(H,17,19). The van der Waals surface area contributed by atoms with Gasteiger partial charge in [0.25, 0.3) is 11.7 Å². The number of fused-ring (bicyclic) bond motifs is 1. The topological polar surface area (TPSA) is 46.2 Å². The fourth-order valence-electron chi connectivity index (χ4n) is 1.89. The van der Waals surface area contributed by atoms with E-state index in [1.54, 1.807) is 0 Å². The Morgan fingerprint density at radius 1 is 1.32 bits per heavy atom. The summed E-state index contributed by atoms with van der Waals surface area (Å²) in [6.45, 7) is 0.667. The predicted molar refractivity (Wildman–Crippen MR) is 53.9 cm³/mol. The third-order valence-corrected chi connectivity index (χ3v) is 2.78. The second-order valence-electron chi connectivity index (χ2n) is 4.13. The van der Waals surface area contributed by atoms with Gasteiger partial charge >= 0.3 is 6.18 Å². The van der Waals surface area contributed by atoms with E-state index in [0.29, 0.717) is 13.0 Å². The van der Waals surface area contributed by atoms with Crippen LogP contribution in [-0.4, -0.2) is 17.9 Å². The summed E-state index contributed by atoms with van der Waals surface area (Å²) in [6.07, 6.45) is -5.36. The van der Waals surface area contributed by atoms with Crippen LogP contribution in [-0.2, 0) is 10.5 Å². The number of alkyl halides is 4. The van der Waals surface area contributed by atoms with Crippen LogP contribution in [0.1, 0.15) is 22.8 Å². The largest absolute Gasteiger partial charge is 0.454 e. The number of amides is 1. The van der Waals surface area contributed by atoms with E-state index in [0.717, 1.165) is 6.07 Å². The van der Waals surface area contributed by atoms with E-state index in [2.05, 4.69) is 0 Å². The molecule has 1 unspecified atom stereocenters. The number of anilines is 1. The lowest BCUT2D eigenvalue weighted by Crippen LogP contribution is -2.30. The molecule has 2 rings (SSSR count). The third-order valence-electron chi connectivity index (χ3n) is 2.78. The third kappa shape index (κ3) is 1.87. The first-order chi connectivity index (χ1) is 8.56. The van der Waals surface area contributed by atoms with E-state index < -0.39 is 40.5 Å². The van der Waals surface area contributed by atoms with Crippen molar-refractivity contribution in [1.29, 1.82) is 0 Å². The van der Waals surface area contributed by atoms with Crippen molar-refractivity contribution in [2.24, 2.45) is 0 Å². The minimum atomic E-state index is -5.36. The van der Waals surface area contributed by atoms with Crippen LogP contribution < -0.4 is 5.32 Å². The molecule has 1 aromatic rings. The fraction of sp³-hybridized carbons (Fsp3) is 0.273. The molecular weight excluding hydrogens is 273 g/mol. The molecule has 0 radical (unpaired) electrons. The van der Waals surface area contributed by atoms with E-state index in [-0.39, 0.29) is 5.69 Å². The molecule has 0 spiro atoms.